The number of thioether (sulfide) groups is 1. The van der Waals surface area contributed by atoms with Crippen molar-refractivity contribution in [1.29, 1.82) is 0 Å². The second-order valence-electron chi connectivity index (χ2n) is 5.77. The summed E-state index contributed by atoms with van der Waals surface area (Å²) in [6.45, 7) is 0. The van der Waals surface area contributed by atoms with Gasteiger partial charge in [-0.25, -0.2) is 0 Å². The van der Waals surface area contributed by atoms with Gasteiger partial charge in [-0.15, -0.1) is 10.2 Å². The minimum Gasteiger partial charge on any atom is -0.496 e. The van der Waals surface area contributed by atoms with E-state index in [0.717, 1.165) is 17.0 Å². The molecule has 7 nitrogen and oxygen atoms in total. The third-order valence-corrected chi connectivity index (χ3v) is 4.73. The van der Waals surface area contributed by atoms with Gasteiger partial charge in [0.15, 0.2) is 17.3 Å². The summed E-state index contributed by atoms with van der Waals surface area (Å²) in [4.78, 5) is 0. The highest BCUT2D eigenvalue weighted by atomic mass is 32.2. The van der Waals surface area contributed by atoms with E-state index in [2.05, 4.69) is 27.4 Å². The highest BCUT2D eigenvalue weighted by Crippen LogP contribution is 2.33. The number of rotatable bonds is 8. The molecule has 0 aliphatic heterocycles. The number of nitrogens with zero attached hydrogens (tertiary/aromatic N) is 4. The molecule has 8 heteroatoms. The Morgan fingerprint density at radius 2 is 1.64 bits per heavy atom. The van der Waals surface area contributed by atoms with Crippen LogP contribution in [0.5, 0.6) is 17.2 Å². The molecule has 28 heavy (non-hydrogen) atoms. The van der Waals surface area contributed by atoms with Crippen LogP contribution in [0.3, 0.4) is 0 Å². The molecule has 0 aliphatic carbocycles. The molecule has 0 saturated carbocycles. The normalized spacial score (nSPS) is 11.0. The van der Waals surface area contributed by atoms with E-state index in [4.69, 9.17) is 14.2 Å². The van der Waals surface area contributed by atoms with Gasteiger partial charge in [-0.2, -0.15) is 9.78 Å². The monoisotopic (exact) mass is 398 g/mol. The second kappa shape index (κ2) is 9.27. The molecule has 0 N–H and O–H groups in total. The SMILES string of the molecule is COc1cc(OC)c(OC)cc1/C=N\n1c(Cc2ccccc2)nnc1SC. The molecule has 1 aromatic heterocycles. The first-order valence-corrected chi connectivity index (χ1v) is 9.79. The quantitative estimate of drug-likeness (QED) is 0.427. The molecule has 0 atom stereocenters. The molecular weight excluding hydrogens is 376 g/mol. The topological polar surface area (TPSA) is 70.8 Å². The van der Waals surface area contributed by atoms with Gasteiger partial charge in [0, 0.05) is 18.1 Å². The molecule has 0 fully saturated rings. The number of aromatic nitrogens is 3. The van der Waals surface area contributed by atoms with E-state index < -0.39 is 0 Å². The summed E-state index contributed by atoms with van der Waals surface area (Å²) in [6.07, 6.45) is 4.28. The Labute approximate surface area is 168 Å². The molecule has 0 amide bonds. The molecule has 0 saturated heterocycles. The third kappa shape index (κ3) is 4.28. The van der Waals surface area contributed by atoms with Gasteiger partial charge in [0.05, 0.1) is 27.5 Å². The van der Waals surface area contributed by atoms with Gasteiger partial charge < -0.3 is 14.2 Å². The van der Waals surface area contributed by atoms with E-state index in [1.54, 1.807) is 38.3 Å². The molecular formula is C20H22N4O3S. The summed E-state index contributed by atoms with van der Waals surface area (Å²) >= 11 is 1.49. The van der Waals surface area contributed by atoms with E-state index in [0.29, 0.717) is 28.8 Å². The minimum absolute atomic E-state index is 0.593. The van der Waals surface area contributed by atoms with Crippen LogP contribution < -0.4 is 14.2 Å². The van der Waals surface area contributed by atoms with Crippen LogP contribution in [0.25, 0.3) is 0 Å². The Morgan fingerprint density at radius 1 is 0.964 bits per heavy atom. The van der Waals surface area contributed by atoms with E-state index >= 15 is 0 Å². The Bertz CT molecular complexity index is 958. The first kappa shape index (κ1) is 19.8. The number of methoxy groups -OCH3 is 3. The van der Waals surface area contributed by atoms with Crippen LogP contribution in [0, 0.1) is 0 Å². The molecule has 3 aromatic rings. The van der Waals surface area contributed by atoms with Gasteiger partial charge in [0.2, 0.25) is 5.16 Å². The summed E-state index contributed by atoms with van der Waals surface area (Å²) in [6, 6.07) is 13.7. The largest absolute Gasteiger partial charge is 0.496 e. The maximum Gasteiger partial charge on any atom is 0.211 e. The van der Waals surface area contributed by atoms with E-state index in [9.17, 15) is 0 Å². The van der Waals surface area contributed by atoms with Crippen LogP contribution in [0.4, 0.5) is 0 Å². The summed E-state index contributed by atoms with van der Waals surface area (Å²) in [7, 11) is 4.78. The van der Waals surface area contributed by atoms with Gasteiger partial charge >= 0.3 is 0 Å². The lowest BCUT2D eigenvalue weighted by Crippen LogP contribution is -2.02. The lowest BCUT2D eigenvalue weighted by Gasteiger charge is -2.12. The Morgan fingerprint density at radius 3 is 2.29 bits per heavy atom. The lowest BCUT2D eigenvalue weighted by atomic mass is 10.1. The lowest BCUT2D eigenvalue weighted by molar-refractivity contribution is 0.349. The van der Waals surface area contributed by atoms with Crippen molar-refractivity contribution < 1.29 is 14.2 Å². The van der Waals surface area contributed by atoms with Crippen molar-refractivity contribution in [3.63, 3.8) is 0 Å². The fourth-order valence-corrected chi connectivity index (χ4v) is 3.15. The number of ether oxygens (including phenoxy) is 3. The third-order valence-electron chi connectivity index (χ3n) is 4.11. The van der Waals surface area contributed by atoms with Crippen molar-refractivity contribution in [3.05, 3.63) is 59.4 Å². The Hall–Kier alpha value is -3.00. The average molecular weight is 398 g/mol. The van der Waals surface area contributed by atoms with Gasteiger partial charge in [0.25, 0.3) is 0 Å². The molecule has 0 bridgehead atoms. The van der Waals surface area contributed by atoms with Gasteiger partial charge in [0.1, 0.15) is 5.75 Å². The van der Waals surface area contributed by atoms with Crippen molar-refractivity contribution in [2.24, 2.45) is 5.10 Å². The fraction of sp³-hybridized carbons (Fsp3) is 0.250. The van der Waals surface area contributed by atoms with Crippen LogP contribution in [0.15, 0.2) is 52.7 Å². The first-order valence-electron chi connectivity index (χ1n) is 8.56. The van der Waals surface area contributed by atoms with Crippen molar-refractivity contribution in [2.45, 2.75) is 11.6 Å². The Kier molecular flexibility index (Phi) is 6.54. The minimum atomic E-state index is 0.593. The van der Waals surface area contributed by atoms with Crippen molar-refractivity contribution in [1.82, 2.24) is 14.9 Å². The predicted molar refractivity (Wildman–Crippen MR) is 110 cm³/mol. The fourth-order valence-electron chi connectivity index (χ4n) is 2.70. The molecule has 0 unspecified atom stereocenters. The summed E-state index contributed by atoms with van der Waals surface area (Å²) < 4.78 is 17.9. The summed E-state index contributed by atoms with van der Waals surface area (Å²) in [5, 5.41) is 13.9. The highest BCUT2D eigenvalue weighted by molar-refractivity contribution is 7.98. The number of hydrogen-bond acceptors (Lipinski definition) is 7. The van der Waals surface area contributed by atoms with Gasteiger partial charge in [-0.05, 0) is 17.9 Å². The van der Waals surface area contributed by atoms with Crippen molar-refractivity contribution >= 4 is 18.0 Å². The van der Waals surface area contributed by atoms with Crippen LogP contribution in [0.2, 0.25) is 0 Å². The zero-order chi connectivity index (χ0) is 19.9. The molecule has 0 spiro atoms. The maximum atomic E-state index is 5.47. The zero-order valence-corrected chi connectivity index (χ0v) is 17.1. The molecule has 146 valence electrons. The zero-order valence-electron chi connectivity index (χ0n) is 16.2. The van der Waals surface area contributed by atoms with Crippen molar-refractivity contribution in [2.75, 3.05) is 27.6 Å². The van der Waals surface area contributed by atoms with Gasteiger partial charge in [-0.1, -0.05) is 42.1 Å². The maximum absolute atomic E-state index is 5.47. The molecule has 3 rings (SSSR count). The van der Waals surface area contributed by atoms with E-state index in [1.165, 1.54) is 11.8 Å². The highest BCUT2D eigenvalue weighted by Gasteiger charge is 2.13. The molecule has 0 radical (unpaired) electrons. The van der Waals surface area contributed by atoms with Gasteiger partial charge in [-0.3, -0.25) is 0 Å². The van der Waals surface area contributed by atoms with Crippen LogP contribution >= 0.6 is 11.8 Å². The molecule has 2 aromatic carbocycles. The van der Waals surface area contributed by atoms with Crippen LogP contribution in [-0.2, 0) is 6.42 Å². The molecule has 0 aliphatic rings. The average Bonchev–Trinajstić information content (AvgIpc) is 3.13. The summed E-state index contributed by atoms with van der Waals surface area (Å²) in [5.74, 6) is 2.58. The van der Waals surface area contributed by atoms with E-state index in [1.807, 2.05) is 30.5 Å². The number of hydrogen-bond donors (Lipinski definition) is 0. The predicted octanol–water partition coefficient (Wildman–Crippen LogP) is 3.50. The smallest absolute Gasteiger partial charge is 0.211 e. The van der Waals surface area contributed by atoms with Crippen molar-refractivity contribution in [3.8, 4) is 17.2 Å². The standard InChI is InChI=1S/C20H22N4O3S/c1-25-16-12-18(27-3)17(26-2)11-15(16)13-21-24-19(22-23-20(24)28-4)10-14-8-6-5-7-9-14/h5-9,11-13H,10H2,1-4H3/b21-13-. The molecule has 1 heterocycles. The summed E-state index contributed by atoms with van der Waals surface area (Å²) in [5.41, 5.74) is 1.90. The first-order chi connectivity index (χ1) is 13.7. The van der Waals surface area contributed by atoms with Crippen LogP contribution in [0.1, 0.15) is 17.0 Å². The second-order valence-corrected chi connectivity index (χ2v) is 6.54. The van der Waals surface area contributed by atoms with Crippen LogP contribution in [-0.4, -0.2) is 48.7 Å². The van der Waals surface area contributed by atoms with E-state index in [-0.39, 0.29) is 0 Å². The number of benzene rings is 2. The Balaban J connectivity index is 1.97.